The highest BCUT2D eigenvalue weighted by Crippen LogP contribution is 2.35. The zero-order valence-corrected chi connectivity index (χ0v) is 28.0. The summed E-state index contributed by atoms with van der Waals surface area (Å²) >= 11 is 6.42. The summed E-state index contributed by atoms with van der Waals surface area (Å²) in [6.45, 7) is 6.46. The van der Waals surface area contributed by atoms with E-state index in [-0.39, 0.29) is 36.6 Å². The fourth-order valence-electron chi connectivity index (χ4n) is 5.44. The van der Waals surface area contributed by atoms with E-state index in [9.17, 15) is 14.4 Å². The zero-order valence-electron chi connectivity index (χ0n) is 27.2. The molecular weight excluding hydrogens is 626 g/mol. The van der Waals surface area contributed by atoms with Crippen LogP contribution in [0.15, 0.2) is 36.7 Å². The van der Waals surface area contributed by atoms with Crippen LogP contribution in [0.4, 0.5) is 10.6 Å². The molecule has 3 heterocycles. The van der Waals surface area contributed by atoms with Gasteiger partial charge in [0.15, 0.2) is 17.0 Å². The van der Waals surface area contributed by atoms with Crippen molar-refractivity contribution in [2.45, 2.75) is 103 Å². The van der Waals surface area contributed by atoms with Gasteiger partial charge in [-0.1, -0.05) is 30.3 Å². The van der Waals surface area contributed by atoms with Gasteiger partial charge in [0.05, 0.1) is 12.9 Å². The molecule has 2 N–H and O–H groups in total. The molecule has 254 valence electrons. The van der Waals surface area contributed by atoms with Crippen molar-refractivity contribution in [1.29, 1.82) is 0 Å². The third-order valence-corrected chi connectivity index (χ3v) is 8.02. The number of nitrogens with one attached hydrogen (secondary N) is 2. The Morgan fingerprint density at radius 1 is 1.11 bits per heavy atom. The van der Waals surface area contributed by atoms with E-state index in [4.69, 9.17) is 25.8 Å². The van der Waals surface area contributed by atoms with Crippen molar-refractivity contribution in [2.75, 3.05) is 24.6 Å². The molecule has 1 saturated heterocycles. The Kier molecular flexibility index (Phi) is 11.5. The van der Waals surface area contributed by atoms with E-state index >= 15 is 0 Å². The van der Waals surface area contributed by atoms with Gasteiger partial charge in [0.2, 0.25) is 11.2 Å². The molecule has 13 nitrogen and oxygen atoms in total. The van der Waals surface area contributed by atoms with Crippen molar-refractivity contribution in [2.24, 2.45) is 0 Å². The Morgan fingerprint density at radius 2 is 1.89 bits per heavy atom. The van der Waals surface area contributed by atoms with E-state index in [1.54, 1.807) is 27.1 Å². The maximum Gasteiger partial charge on any atom is 0.407 e. The van der Waals surface area contributed by atoms with Crippen LogP contribution in [0.25, 0.3) is 11.2 Å². The molecule has 2 amide bonds. The van der Waals surface area contributed by atoms with Crippen molar-refractivity contribution < 1.29 is 28.6 Å². The molecule has 0 spiro atoms. The lowest BCUT2D eigenvalue weighted by atomic mass is 10.1. The minimum absolute atomic E-state index is 0.0530. The predicted molar refractivity (Wildman–Crippen MR) is 176 cm³/mol. The van der Waals surface area contributed by atoms with Crippen LogP contribution in [0.1, 0.15) is 83.9 Å². The number of carbonyl (C=O) groups is 3. The van der Waals surface area contributed by atoms with Crippen LogP contribution in [0.3, 0.4) is 0 Å². The van der Waals surface area contributed by atoms with Crippen molar-refractivity contribution in [3.63, 3.8) is 0 Å². The number of rotatable bonds is 14. The molecule has 1 unspecified atom stereocenters. The molecule has 1 aliphatic carbocycles. The molecule has 1 saturated carbocycles. The van der Waals surface area contributed by atoms with Gasteiger partial charge in [-0.2, -0.15) is 9.97 Å². The number of nitrogens with zero attached hydrogens (tertiary/aromatic N) is 5. The molecule has 1 aliphatic heterocycles. The second-order valence-corrected chi connectivity index (χ2v) is 13.3. The van der Waals surface area contributed by atoms with Gasteiger partial charge in [0, 0.05) is 19.2 Å². The highest BCUT2D eigenvalue weighted by Gasteiger charge is 2.35. The number of ether oxygens (including phenoxy) is 3. The third-order valence-electron chi connectivity index (χ3n) is 7.85. The van der Waals surface area contributed by atoms with Gasteiger partial charge in [0.25, 0.3) is 0 Å². The zero-order chi connectivity index (χ0) is 33.4. The highest BCUT2D eigenvalue weighted by atomic mass is 35.5. The largest absolute Gasteiger partial charge is 0.459 e. The Hall–Kier alpha value is -3.97. The third kappa shape index (κ3) is 10.0. The first kappa shape index (κ1) is 34.4. The predicted octanol–water partition coefficient (Wildman–Crippen LogP) is 5.07. The Morgan fingerprint density at radius 3 is 2.60 bits per heavy atom. The van der Waals surface area contributed by atoms with Crippen molar-refractivity contribution in [1.82, 2.24) is 30.2 Å². The van der Waals surface area contributed by atoms with E-state index in [0.717, 1.165) is 37.7 Å². The van der Waals surface area contributed by atoms with Crippen LogP contribution in [0.5, 0.6) is 0 Å². The Balaban J connectivity index is 1.25. The van der Waals surface area contributed by atoms with Gasteiger partial charge in [-0.05, 0) is 89.3 Å². The second-order valence-electron chi connectivity index (χ2n) is 13.0. The molecule has 5 rings (SSSR count). The number of carbonyl (C=O) groups excluding carboxylic acids is 3. The number of benzene rings is 1. The number of aromatic nitrogens is 4. The van der Waals surface area contributed by atoms with Gasteiger partial charge >= 0.3 is 12.1 Å². The standard InChI is InChI=1S/C33H44ClN7O6/c1-33(2,3)47-32(44)35-17-9-7-13-24(30(43)46-20-22-11-5-4-6-12-22)37-25(42)19-40(23-15-16-23)28-27-29(39-31(34)38-28)41(21-36-27)26-14-8-10-18-45-26/h4-6,11-12,21,23-24,26H,7-10,13-20H2,1-3H3,(H,35,44)(H,37,42)/t24-,26?/m0/s1. The van der Waals surface area contributed by atoms with Crippen LogP contribution in [0.2, 0.25) is 5.28 Å². The van der Waals surface area contributed by atoms with E-state index < -0.39 is 23.7 Å². The van der Waals surface area contributed by atoms with Crippen LogP contribution in [-0.2, 0) is 30.4 Å². The second kappa shape index (κ2) is 15.7. The molecule has 14 heteroatoms. The fourth-order valence-corrected chi connectivity index (χ4v) is 5.60. The lowest BCUT2D eigenvalue weighted by Crippen LogP contribution is -2.47. The van der Waals surface area contributed by atoms with Crippen LogP contribution in [0, 0.1) is 0 Å². The normalized spacial score (nSPS) is 17.1. The molecule has 2 aromatic heterocycles. The number of hydrogen-bond acceptors (Lipinski definition) is 10. The van der Waals surface area contributed by atoms with E-state index in [1.165, 1.54) is 0 Å². The molecule has 1 aromatic carbocycles. The Labute approximate surface area is 279 Å². The minimum atomic E-state index is -0.884. The van der Waals surface area contributed by atoms with Crippen LogP contribution >= 0.6 is 11.6 Å². The first-order valence-electron chi connectivity index (χ1n) is 16.3. The molecule has 2 atom stereocenters. The monoisotopic (exact) mass is 669 g/mol. The average Bonchev–Trinajstić information content (AvgIpc) is 3.80. The molecular formula is C33H44ClN7O6. The first-order chi connectivity index (χ1) is 22.6. The summed E-state index contributed by atoms with van der Waals surface area (Å²) in [7, 11) is 0. The number of anilines is 1. The van der Waals surface area contributed by atoms with E-state index in [2.05, 4.69) is 25.6 Å². The topological polar surface area (TPSA) is 150 Å². The van der Waals surface area contributed by atoms with Gasteiger partial charge in [-0.3, -0.25) is 9.36 Å². The number of amides is 2. The summed E-state index contributed by atoms with van der Waals surface area (Å²) in [5.41, 5.74) is 1.35. The minimum Gasteiger partial charge on any atom is -0.459 e. The fraction of sp³-hybridized carbons (Fsp3) is 0.576. The summed E-state index contributed by atoms with van der Waals surface area (Å²) in [5.74, 6) is -0.411. The lowest BCUT2D eigenvalue weighted by Gasteiger charge is -2.26. The summed E-state index contributed by atoms with van der Waals surface area (Å²) in [4.78, 5) is 54.3. The summed E-state index contributed by atoms with van der Waals surface area (Å²) < 4.78 is 18.7. The summed E-state index contributed by atoms with van der Waals surface area (Å²) in [6, 6.07) is 8.55. The summed E-state index contributed by atoms with van der Waals surface area (Å²) in [6.07, 6.45) is 7.13. The molecule has 3 aromatic rings. The van der Waals surface area contributed by atoms with Crippen LogP contribution in [-0.4, -0.2) is 74.9 Å². The Bertz CT molecular complexity index is 1520. The molecule has 2 fully saturated rings. The van der Waals surface area contributed by atoms with Gasteiger partial charge < -0.3 is 29.7 Å². The number of hydrogen-bond donors (Lipinski definition) is 2. The summed E-state index contributed by atoms with van der Waals surface area (Å²) in [5, 5.41) is 5.68. The maximum atomic E-state index is 13.6. The smallest absolute Gasteiger partial charge is 0.407 e. The lowest BCUT2D eigenvalue weighted by molar-refractivity contribution is -0.149. The average molecular weight is 670 g/mol. The van der Waals surface area contributed by atoms with Crippen molar-refractivity contribution in [3.8, 4) is 0 Å². The number of imidazole rings is 1. The van der Waals surface area contributed by atoms with E-state index in [1.807, 2.05) is 39.8 Å². The van der Waals surface area contributed by atoms with Gasteiger partial charge in [-0.15, -0.1) is 0 Å². The van der Waals surface area contributed by atoms with E-state index in [0.29, 0.717) is 49.4 Å². The SMILES string of the molecule is CC(C)(C)OC(=O)NCCCC[C@H](NC(=O)CN(c1nc(Cl)nc2c1ncn2C1CCCCO1)C1CC1)C(=O)OCc1ccccc1. The van der Waals surface area contributed by atoms with Gasteiger partial charge in [0.1, 0.15) is 24.5 Å². The first-order valence-corrected chi connectivity index (χ1v) is 16.7. The van der Waals surface area contributed by atoms with Crippen LogP contribution < -0.4 is 15.5 Å². The molecule has 0 bridgehead atoms. The number of alkyl carbamates (subject to hydrolysis) is 1. The quantitative estimate of drug-likeness (QED) is 0.135. The highest BCUT2D eigenvalue weighted by molar-refractivity contribution is 6.28. The number of fused-ring (bicyclic) bond motifs is 1. The van der Waals surface area contributed by atoms with Crippen molar-refractivity contribution >= 4 is 46.6 Å². The number of halogens is 1. The maximum absolute atomic E-state index is 13.6. The number of esters is 1. The molecule has 2 aliphatic rings. The molecule has 47 heavy (non-hydrogen) atoms. The molecule has 0 radical (unpaired) electrons. The van der Waals surface area contributed by atoms with Crippen molar-refractivity contribution in [3.05, 3.63) is 47.5 Å². The van der Waals surface area contributed by atoms with Gasteiger partial charge in [-0.25, -0.2) is 14.6 Å². The number of unbranched alkanes of at least 4 members (excludes halogenated alkanes) is 1.